The predicted molar refractivity (Wildman–Crippen MR) is 95.1 cm³/mol. The summed E-state index contributed by atoms with van der Waals surface area (Å²) in [5.74, 6) is 1.04. The van der Waals surface area contributed by atoms with E-state index >= 15 is 0 Å². The van der Waals surface area contributed by atoms with Crippen LogP contribution in [0.5, 0.6) is 0 Å². The number of piperidine rings is 1. The average Bonchev–Trinajstić information content (AvgIpc) is 3.34. The molecular weight excluding hydrogens is 300 g/mol. The standard InChI is InChI=1S/C20H28N2O2/c1-21(17-5-3-2-4-6-17)18-14-20(24-15-18)9-11-22(12-10-20)19(23)13-16-7-8-16/h2-6,16,18H,7-15H2,1H3. The number of benzene rings is 1. The molecule has 4 rings (SSSR count). The first-order chi connectivity index (χ1) is 11.7. The topological polar surface area (TPSA) is 32.8 Å². The summed E-state index contributed by atoms with van der Waals surface area (Å²) in [6, 6.07) is 11.0. The molecule has 0 radical (unpaired) electrons. The van der Waals surface area contributed by atoms with Crippen molar-refractivity contribution in [2.45, 2.75) is 50.2 Å². The largest absolute Gasteiger partial charge is 0.373 e. The highest BCUT2D eigenvalue weighted by molar-refractivity contribution is 5.76. The van der Waals surface area contributed by atoms with Crippen LogP contribution in [0.2, 0.25) is 0 Å². The highest BCUT2D eigenvalue weighted by Crippen LogP contribution is 2.39. The number of para-hydroxylation sites is 1. The first-order valence-electron chi connectivity index (χ1n) is 9.35. The van der Waals surface area contributed by atoms with E-state index in [4.69, 9.17) is 4.74 Å². The number of carbonyl (C=O) groups is 1. The summed E-state index contributed by atoms with van der Waals surface area (Å²) < 4.78 is 6.28. The summed E-state index contributed by atoms with van der Waals surface area (Å²) in [4.78, 5) is 16.7. The summed E-state index contributed by atoms with van der Waals surface area (Å²) in [6.45, 7) is 2.53. The molecule has 3 aliphatic rings. The third-order valence-electron chi connectivity index (χ3n) is 6.09. The molecule has 0 N–H and O–H groups in total. The Kier molecular flexibility index (Phi) is 4.25. The number of nitrogens with zero attached hydrogens (tertiary/aromatic N) is 2. The smallest absolute Gasteiger partial charge is 0.222 e. The van der Waals surface area contributed by atoms with Crippen LogP contribution in [-0.2, 0) is 9.53 Å². The summed E-state index contributed by atoms with van der Waals surface area (Å²) in [7, 11) is 2.16. The molecule has 3 fully saturated rings. The number of hydrogen-bond acceptors (Lipinski definition) is 3. The van der Waals surface area contributed by atoms with E-state index in [0.717, 1.165) is 45.4 Å². The Morgan fingerprint density at radius 3 is 2.62 bits per heavy atom. The van der Waals surface area contributed by atoms with E-state index in [-0.39, 0.29) is 5.60 Å². The SMILES string of the molecule is CN(c1ccccc1)C1COC2(CCN(C(=O)CC3CC3)CC2)C1. The van der Waals surface area contributed by atoms with Crippen molar-refractivity contribution < 1.29 is 9.53 Å². The molecule has 1 aromatic rings. The molecule has 1 atom stereocenters. The summed E-state index contributed by atoms with van der Waals surface area (Å²) in [5, 5.41) is 0. The fourth-order valence-electron chi connectivity index (χ4n) is 4.15. The van der Waals surface area contributed by atoms with Gasteiger partial charge in [0.25, 0.3) is 0 Å². The minimum absolute atomic E-state index is 0.00985. The zero-order valence-electron chi connectivity index (χ0n) is 14.6. The van der Waals surface area contributed by atoms with Crippen molar-refractivity contribution >= 4 is 11.6 Å². The zero-order valence-corrected chi connectivity index (χ0v) is 14.6. The van der Waals surface area contributed by atoms with Crippen molar-refractivity contribution in [1.29, 1.82) is 0 Å². The van der Waals surface area contributed by atoms with E-state index in [0.29, 0.717) is 17.9 Å². The van der Waals surface area contributed by atoms with E-state index < -0.39 is 0 Å². The average molecular weight is 328 g/mol. The minimum atomic E-state index is -0.00985. The number of carbonyl (C=O) groups excluding carboxylic acids is 1. The quantitative estimate of drug-likeness (QED) is 0.851. The first kappa shape index (κ1) is 15.9. The van der Waals surface area contributed by atoms with Gasteiger partial charge in [-0.25, -0.2) is 0 Å². The summed E-state index contributed by atoms with van der Waals surface area (Å²) in [6.07, 6.45) is 6.32. The number of amides is 1. The lowest BCUT2D eigenvalue weighted by Crippen LogP contribution is -2.47. The number of anilines is 1. The number of rotatable bonds is 4. The monoisotopic (exact) mass is 328 g/mol. The Morgan fingerprint density at radius 2 is 1.96 bits per heavy atom. The second kappa shape index (κ2) is 6.40. The van der Waals surface area contributed by atoms with E-state index in [1.54, 1.807) is 0 Å². The van der Waals surface area contributed by atoms with Crippen LogP contribution in [0.15, 0.2) is 30.3 Å². The molecule has 1 aliphatic carbocycles. The van der Waals surface area contributed by atoms with Crippen molar-refractivity contribution in [3.63, 3.8) is 0 Å². The van der Waals surface area contributed by atoms with Crippen LogP contribution in [0.3, 0.4) is 0 Å². The molecule has 24 heavy (non-hydrogen) atoms. The van der Waals surface area contributed by atoms with Gasteiger partial charge in [0.1, 0.15) is 0 Å². The maximum atomic E-state index is 12.3. The molecule has 130 valence electrons. The van der Waals surface area contributed by atoms with Gasteiger partial charge in [0, 0.05) is 32.2 Å². The van der Waals surface area contributed by atoms with Crippen LogP contribution in [-0.4, -0.2) is 49.2 Å². The molecule has 1 spiro atoms. The number of hydrogen-bond donors (Lipinski definition) is 0. The lowest BCUT2D eigenvalue weighted by atomic mass is 9.87. The van der Waals surface area contributed by atoms with Crippen LogP contribution in [0, 0.1) is 5.92 Å². The van der Waals surface area contributed by atoms with Gasteiger partial charge in [-0.1, -0.05) is 18.2 Å². The predicted octanol–water partition coefficient (Wildman–Crippen LogP) is 3.07. The fourth-order valence-corrected chi connectivity index (χ4v) is 4.15. The Hall–Kier alpha value is -1.55. The van der Waals surface area contributed by atoms with E-state index in [1.807, 2.05) is 0 Å². The highest BCUT2D eigenvalue weighted by atomic mass is 16.5. The van der Waals surface area contributed by atoms with Gasteiger partial charge in [0.05, 0.1) is 18.2 Å². The fraction of sp³-hybridized carbons (Fsp3) is 0.650. The molecule has 0 bridgehead atoms. The van der Waals surface area contributed by atoms with Gasteiger partial charge in [0.2, 0.25) is 5.91 Å². The van der Waals surface area contributed by atoms with Crippen LogP contribution >= 0.6 is 0 Å². The first-order valence-corrected chi connectivity index (χ1v) is 9.35. The Labute approximate surface area is 144 Å². The zero-order chi connectivity index (χ0) is 16.6. The third-order valence-corrected chi connectivity index (χ3v) is 6.09. The van der Waals surface area contributed by atoms with Gasteiger partial charge in [-0.3, -0.25) is 4.79 Å². The van der Waals surface area contributed by atoms with Crippen molar-refractivity contribution in [2.75, 3.05) is 31.6 Å². The number of likely N-dealkylation sites (tertiary alicyclic amines) is 1. The molecule has 1 unspecified atom stereocenters. The van der Waals surface area contributed by atoms with Crippen LogP contribution in [0.25, 0.3) is 0 Å². The van der Waals surface area contributed by atoms with Crippen molar-refractivity contribution in [3.05, 3.63) is 30.3 Å². The molecule has 1 amide bonds. The second-order valence-electron chi connectivity index (χ2n) is 7.83. The van der Waals surface area contributed by atoms with E-state index in [9.17, 15) is 4.79 Å². The van der Waals surface area contributed by atoms with Gasteiger partial charge in [-0.15, -0.1) is 0 Å². The van der Waals surface area contributed by atoms with Gasteiger partial charge in [-0.05, 0) is 50.2 Å². The lowest BCUT2D eigenvalue weighted by molar-refractivity contribution is -0.136. The highest BCUT2D eigenvalue weighted by Gasteiger charge is 2.44. The maximum absolute atomic E-state index is 12.3. The molecule has 2 saturated heterocycles. The number of likely N-dealkylation sites (N-methyl/N-ethyl adjacent to an activating group) is 1. The van der Waals surface area contributed by atoms with E-state index in [2.05, 4.69) is 47.2 Å². The number of ether oxygens (including phenoxy) is 1. The molecule has 1 saturated carbocycles. The molecule has 4 heteroatoms. The molecule has 0 aromatic heterocycles. The summed E-state index contributed by atoms with van der Waals surface area (Å²) >= 11 is 0. The molecule has 4 nitrogen and oxygen atoms in total. The second-order valence-corrected chi connectivity index (χ2v) is 7.83. The lowest BCUT2D eigenvalue weighted by Gasteiger charge is -2.39. The molecule has 1 aromatic carbocycles. The summed E-state index contributed by atoms with van der Waals surface area (Å²) in [5.41, 5.74) is 1.24. The van der Waals surface area contributed by atoms with Crippen molar-refractivity contribution in [1.82, 2.24) is 4.90 Å². The molecule has 2 aliphatic heterocycles. The van der Waals surface area contributed by atoms with Crippen LogP contribution < -0.4 is 4.90 Å². The maximum Gasteiger partial charge on any atom is 0.222 e. The van der Waals surface area contributed by atoms with Gasteiger partial charge in [0.15, 0.2) is 0 Å². The van der Waals surface area contributed by atoms with Crippen molar-refractivity contribution in [3.8, 4) is 0 Å². The Balaban J connectivity index is 1.32. The molecule has 2 heterocycles. The Morgan fingerprint density at radius 1 is 1.25 bits per heavy atom. The van der Waals surface area contributed by atoms with E-state index in [1.165, 1.54) is 18.5 Å². The van der Waals surface area contributed by atoms with Crippen molar-refractivity contribution in [2.24, 2.45) is 5.92 Å². The Bertz CT molecular complexity index is 577. The van der Waals surface area contributed by atoms with Gasteiger partial charge in [-0.2, -0.15) is 0 Å². The molecular formula is C20H28N2O2. The minimum Gasteiger partial charge on any atom is -0.373 e. The van der Waals surface area contributed by atoms with Gasteiger partial charge < -0.3 is 14.5 Å². The van der Waals surface area contributed by atoms with Gasteiger partial charge >= 0.3 is 0 Å². The van der Waals surface area contributed by atoms with Crippen LogP contribution in [0.1, 0.15) is 38.5 Å². The third kappa shape index (κ3) is 3.30. The normalized spacial score (nSPS) is 25.9. The van der Waals surface area contributed by atoms with Crippen LogP contribution in [0.4, 0.5) is 5.69 Å².